The van der Waals surface area contributed by atoms with Crippen molar-refractivity contribution >= 4 is 21.5 Å². The number of fused-ring (bicyclic) bond motifs is 4. The number of pyridine rings is 1. The molecule has 50 heavy (non-hydrogen) atoms. The SMILES string of the molecule is c1ccc(-c2nc(-c3ccc(-c4ccc5c6c(cccc46)-c4ccccc4-5)cc3)cc(-c3cccc4c(-c5cccnc5)cccc34)n2)cc1. The molecule has 0 bridgehead atoms. The molecule has 0 radical (unpaired) electrons. The summed E-state index contributed by atoms with van der Waals surface area (Å²) in [7, 11) is 0. The first-order chi connectivity index (χ1) is 24.8. The normalized spacial score (nSPS) is 11.6. The van der Waals surface area contributed by atoms with Gasteiger partial charge >= 0.3 is 0 Å². The summed E-state index contributed by atoms with van der Waals surface area (Å²) in [5.74, 6) is 0.703. The standard InChI is InChI=1S/C47H29N3/c1-2-10-32(11-3-1)47-49-44(28-45(50-47)40-18-7-16-36-34(15-6-17-37(36)40)33-12-9-27-48-29-33)31-23-21-30(22-24-31)35-25-26-43-39-14-5-4-13-38(39)42-20-8-19-41(35)46(42)43/h1-29H. The number of hydrogen-bond acceptors (Lipinski definition) is 3. The van der Waals surface area contributed by atoms with E-state index in [4.69, 9.17) is 9.97 Å². The molecule has 3 heteroatoms. The van der Waals surface area contributed by atoms with Gasteiger partial charge in [0.1, 0.15) is 0 Å². The lowest BCUT2D eigenvalue weighted by molar-refractivity contribution is 1.18. The van der Waals surface area contributed by atoms with E-state index in [0.29, 0.717) is 5.82 Å². The molecule has 2 heterocycles. The number of benzene rings is 7. The minimum absolute atomic E-state index is 0.703. The van der Waals surface area contributed by atoms with Crippen molar-refractivity contribution in [2.75, 3.05) is 0 Å². The quantitative estimate of drug-likeness (QED) is 0.189. The Labute approximate surface area is 290 Å². The Kier molecular flexibility index (Phi) is 6.49. The molecule has 7 aromatic carbocycles. The molecular formula is C47H29N3. The molecule has 0 N–H and O–H groups in total. The minimum atomic E-state index is 0.703. The highest BCUT2D eigenvalue weighted by molar-refractivity contribution is 6.18. The van der Waals surface area contributed by atoms with E-state index in [9.17, 15) is 0 Å². The van der Waals surface area contributed by atoms with Gasteiger partial charge in [0, 0.05) is 34.6 Å². The summed E-state index contributed by atoms with van der Waals surface area (Å²) in [6.45, 7) is 0. The van der Waals surface area contributed by atoms with Crippen LogP contribution in [0.5, 0.6) is 0 Å². The molecule has 0 spiro atoms. The molecule has 3 nitrogen and oxygen atoms in total. The molecule has 0 saturated heterocycles. The van der Waals surface area contributed by atoms with E-state index < -0.39 is 0 Å². The first-order valence-corrected chi connectivity index (χ1v) is 16.9. The molecule has 0 amide bonds. The molecule has 0 atom stereocenters. The van der Waals surface area contributed by atoms with Crippen LogP contribution in [0.4, 0.5) is 0 Å². The van der Waals surface area contributed by atoms with E-state index in [-0.39, 0.29) is 0 Å². The summed E-state index contributed by atoms with van der Waals surface area (Å²) in [6, 6.07) is 58.2. The Morgan fingerprint density at radius 3 is 1.64 bits per heavy atom. The van der Waals surface area contributed by atoms with E-state index in [1.165, 1.54) is 44.2 Å². The van der Waals surface area contributed by atoms with Gasteiger partial charge in [0.25, 0.3) is 0 Å². The van der Waals surface area contributed by atoms with Crippen molar-refractivity contribution in [3.05, 3.63) is 176 Å². The molecular weight excluding hydrogens is 607 g/mol. The van der Waals surface area contributed by atoms with Gasteiger partial charge in [-0.1, -0.05) is 152 Å². The molecule has 10 rings (SSSR count). The summed E-state index contributed by atoms with van der Waals surface area (Å²) < 4.78 is 0. The van der Waals surface area contributed by atoms with Crippen LogP contribution >= 0.6 is 0 Å². The van der Waals surface area contributed by atoms with Crippen molar-refractivity contribution in [3.63, 3.8) is 0 Å². The van der Waals surface area contributed by atoms with Gasteiger partial charge in [-0.05, 0) is 72.6 Å². The lowest BCUT2D eigenvalue weighted by Crippen LogP contribution is -1.96. The van der Waals surface area contributed by atoms with E-state index in [1.807, 2.05) is 36.7 Å². The fourth-order valence-electron chi connectivity index (χ4n) is 7.64. The van der Waals surface area contributed by atoms with Gasteiger partial charge < -0.3 is 0 Å². The van der Waals surface area contributed by atoms with Crippen LogP contribution in [0.1, 0.15) is 0 Å². The van der Waals surface area contributed by atoms with Crippen LogP contribution in [0.25, 0.3) is 100.0 Å². The number of nitrogens with zero attached hydrogens (tertiary/aromatic N) is 3. The van der Waals surface area contributed by atoms with Gasteiger partial charge in [0.2, 0.25) is 0 Å². The van der Waals surface area contributed by atoms with Crippen molar-refractivity contribution < 1.29 is 0 Å². The van der Waals surface area contributed by atoms with Crippen LogP contribution in [0.15, 0.2) is 176 Å². The molecule has 0 fully saturated rings. The zero-order chi connectivity index (χ0) is 33.0. The lowest BCUT2D eigenvalue weighted by Gasteiger charge is -2.14. The fraction of sp³-hybridized carbons (Fsp3) is 0. The maximum atomic E-state index is 5.17. The Morgan fingerprint density at radius 1 is 0.320 bits per heavy atom. The first-order valence-electron chi connectivity index (χ1n) is 16.9. The molecule has 0 aliphatic heterocycles. The van der Waals surface area contributed by atoms with Crippen molar-refractivity contribution in [3.8, 4) is 78.4 Å². The largest absolute Gasteiger partial charge is 0.264 e. The Balaban J connectivity index is 1.10. The summed E-state index contributed by atoms with van der Waals surface area (Å²) in [5, 5.41) is 4.92. The summed E-state index contributed by atoms with van der Waals surface area (Å²) in [6.07, 6.45) is 3.73. The smallest absolute Gasteiger partial charge is 0.160 e. The van der Waals surface area contributed by atoms with Crippen LogP contribution in [-0.2, 0) is 0 Å². The van der Waals surface area contributed by atoms with Crippen LogP contribution in [0.3, 0.4) is 0 Å². The molecule has 232 valence electrons. The van der Waals surface area contributed by atoms with Crippen LogP contribution in [0.2, 0.25) is 0 Å². The highest BCUT2D eigenvalue weighted by atomic mass is 14.9. The highest BCUT2D eigenvalue weighted by Gasteiger charge is 2.22. The molecule has 1 aliphatic rings. The minimum Gasteiger partial charge on any atom is -0.264 e. The molecule has 0 unspecified atom stereocenters. The highest BCUT2D eigenvalue weighted by Crippen LogP contribution is 2.49. The third-order valence-electron chi connectivity index (χ3n) is 9.97. The number of rotatable bonds is 5. The maximum absolute atomic E-state index is 5.17. The fourth-order valence-corrected chi connectivity index (χ4v) is 7.64. The summed E-state index contributed by atoms with van der Waals surface area (Å²) >= 11 is 0. The van der Waals surface area contributed by atoms with Gasteiger partial charge in [0.05, 0.1) is 11.4 Å². The van der Waals surface area contributed by atoms with Crippen LogP contribution in [-0.4, -0.2) is 15.0 Å². The van der Waals surface area contributed by atoms with E-state index in [1.54, 1.807) is 0 Å². The van der Waals surface area contributed by atoms with Crippen molar-refractivity contribution in [1.29, 1.82) is 0 Å². The van der Waals surface area contributed by atoms with E-state index >= 15 is 0 Å². The third kappa shape index (κ3) is 4.56. The van der Waals surface area contributed by atoms with Crippen molar-refractivity contribution in [2.45, 2.75) is 0 Å². The Bertz CT molecular complexity index is 2700. The summed E-state index contributed by atoms with van der Waals surface area (Å²) in [5.41, 5.74) is 14.8. The van der Waals surface area contributed by atoms with Gasteiger partial charge in [0.15, 0.2) is 5.82 Å². The first kappa shape index (κ1) is 28.3. The van der Waals surface area contributed by atoms with Gasteiger partial charge in [-0.2, -0.15) is 0 Å². The summed E-state index contributed by atoms with van der Waals surface area (Å²) in [4.78, 5) is 14.7. The van der Waals surface area contributed by atoms with Crippen molar-refractivity contribution in [1.82, 2.24) is 15.0 Å². The topological polar surface area (TPSA) is 38.7 Å². The average molecular weight is 636 g/mol. The Morgan fingerprint density at radius 2 is 0.880 bits per heavy atom. The van der Waals surface area contributed by atoms with E-state index in [0.717, 1.165) is 50.0 Å². The predicted molar refractivity (Wildman–Crippen MR) is 206 cm³/mol. The number of hydrogen-bond donors (Lipinski definition) is 0. The predicted octanol–water partition coefficient (Wildman–Crippen LogP) is 12.2. The van der Waals surface area contributed by atoms with Crippen LogP contribution < -0.4 is 0 Å². The molecule has 2 aromatic heterocycles. The zero-order valence-corrected chi connectivity index (χ0v) is 27.1. The van der Waals surface area contributed by atoms with E-state index in [2.05, 4.69) is 145 Å². The number of aromatic nitrogens is 3. The Hall–Kier alpha value is -6.71. The maximum Gasteiger partial charge on any atom is 0.160 e. The zero-order valence-electron chi connectivity index (χ0n) is 27.1. The second-order valence-electron chi connectivity index (χ2n) is 12.8. The lowest BCUT2D eigenvalue weighted by atomic mass is 9.93. The average Bonchev–Trinajstić information content (AvgIpc) is 3.53. The molecule has 9 aromatic rings. The monoisotopic (exact) mass is 635 g/mol. The van der Waals surface area contributed by atoms with Crippen LogP contribution in [0, 0.1) is 0 Å². The van der Waals surface area contributed by atoms with Gasteiger partial charge in [-0.15, -0.1) is 0 Å². The van der Waals surface area contributed by atoms with Gasteiger partial charge in [-0.3, -0.25) is 4.98 Å². The van der Waals surface area contributed by atoms with Crippen molar-refractivity contribution in [2.24, 2.45) is 0 Å². The molecule has 1 aliphatic carbocycles. The molecule has 0 saturated carbocycles. The van der Waals surface area contributed by atoms with Gasteiger partial charge in [-0.25, -0.2) is 9.97 Å². The third-order valence-corrected chi connectivity index (χ3v) is 9.97. The second-order valence-corrected chi connectivity index (χ2v) is 12.8. The second kappa shape index (κ2) is 11.5.